The van der Waals surface area contributed by atoms with E-state index in [9.17, 15) is 4.39 Å². The van der Waals surface area contributed by atoms with E-state index < -0.39 is 5.54 Å². The van der Waals surface area contributed by atoms with Gasteiger partial charge in [-0.1, -0.05) is 23.2 Å². The lowest BCUT2D eigenvalue weighted by Gasteiger charge is -2.33. The second kappa shape index (κ2) is 9.35. The Morgan fingerprint density at radius 1 is 1.22 bits per heavy atom. The summed E-state index contributed by atoms with van der Waals surface area (Å²) in [7, 11) is 0. The molecule has 2 aromatic carbocycles. The van der Waals surface area contributed by atoms with Gasteiger partial charge in [-0.3, -0.25) is 4.68 Å². The summed E-state index contributed by atoms with van der Waals surface area (Å²) >= 11 is 12.7. The zero-order valence-corrected chi connectivity index (χ0v) is 20.1. The second-order valence-corrected chi connectivity index (χ2v) is 9.24. The maximum absolute atomic E-state index is 14.9. The van der Waals surface area contributed by atoms with Crippen molar-refractivity contribution in [2.24, 2.45) is 0 Å². The van der Waals surface area contributed by atoms with Crippen LogP contribution < -0.4 is 10.6 Å². The van der Waals surface area contributed by atoms with Crippen LogP contribution in [-0.4, -0.2) is 36.1 Å². The van der Waals surface area contributed by atoms with Gasteiger partial charge < -0.3 is 15.4 Å². The normalized spacial score (nSPS) is 21.6. The molecule has 0 radical (unpaired) electrons. The number of rotatable bonds is 4. The van der Waals surface area contributed by atoms with Gasteiger partial charge in [0.25, 0.3) is 0 Å². The number of nitrogens with one attached hydrogen (secondary N) is 2. The lowest BCUT2D eigenvalue weighted by atomic mass is 9.88. The first-order valence-electron chi connectivity index (χ1n) is 10.7. The van der Waals surface area contributed by atoms with Gasteiger partial charge in [0, 0.05) is 42.1 Å². The van der Waals surface area contributed by atoms with Gasteiger partial charge >= 0.3 is 0 Å². The van der Waals surface area contributed by atoms with E-state index >= 15 is 0 Å². The number of hydrogen-bond donors (Lipinski definition) is 2. The van der Waals surface area contributed by atoms with Crippen LogP contribution in [0.5, 0.6) is 0 Å². The molecule has 5 nitrogen and oxygen atoms in total. The predicted octanol–water partition coefficient (Wildman–Crippen LogP) is 5.86. The number of nitrogens with zero attached hydrogens (tertiary/aromatic N) is 2. The Kier molecular flexibility index (Phi) is 6.89. The summed E-state index contributed by atoms with van der Waals surface area (Å²) in [5.41, 5.74) is 2.69. The summed E-state index contributed by atoms with van der Waals surface area (Å²) in [6.07, 6.45) is 2.64. The van der Waals surface area contributed by atoms with Crippen molar-refractivity contribution in [2.45, 2.75) is 37.8 Å². The number of aryl methyl sites for hydroxylation is 1. The number of halogens is 4. The van der Waals surface area contributed by atoms with Crippen LogP contribution in [0.2, 0.25) is 10.0 Å². The summed E-state index contributed by atoms with van der Waals surface area (Å²) in [5, 5.41) is 13.5. The van der Waals surface area contributed by atoms with Crippen molar-refractivity contribution in [1.82, 2.24) is 15.1 Å². The third-order valence-electron chi connectivity index (χ3n) is 6.54. The van der Waals surface area contributed by atoms with Crippen molar-refractivity contribution in [2.75, 3.05) is 31.6 Å². The number of aromatic nitrogens is 2. The Morgan fingerprint density at radius 3 is 2.72 bits per heavy atom. The first-order valence-corrected chi connectivity index (χ1v) is 11.4. The Balaban J connectivity index is 0.00000245. The van der Waals surface area contributed by atoms with Crippen LogP contribution >= 0.6 is 35.6 Å². The summed E-state index contributed by atoms with van der Waals surface area (Å²) < 4.78 is 22.5. The molecule has 5 rings (SSSR count). The van der Waals surface area contributed by atoms with Crippen molar-refractivity contribution < 1.29 is 9.13 Å². The molecule has 172 valence electrons. The van der Waals surface area contributed by atoms with E-state index in [0.29, 0.717) is 29.6 Å². The molecule has 0 bridgehead atoms. The lowest BCUT2D eigenvalue weighted by molar-refractivity contribution is 0.0659. The largest absolute Gasteiger partial charge is 0.381 e. The minimum absolute atomic E-state index is 0. The number of benzene rings is 2. The molecule has 3 heterocycles. The van der Waals surface area contributed by atoms with Gasteiger partial charge in [0.15, 0.2) is 0 Å². The van der Waals surface area contributed by atoms with E-state index in [1.807, 2.05) is 12.1 Å². The Labute approximate surface area is 203 Å². The van der Waals surface area contributed by atoms with Crippen LogP contribution in [0.15, 0.2) is 30.3 Å². The molecule has 2 aliphatic rings. The van der Waals surface area contributed by atoms with Gasteiger partial charge in [-0.25, -0.2) is 4.39 Å². The molecule has 1 aromatic heterocycles. The average molecular weight is 500 g/mol. The minimum Gasteiger partial charge on any atom is -0.381 e. The first-order chi connectivity index (χ1) is 15.0. The van der Waals surface area contributed by atoms with Gasteiger partial charge in [-0.15, -0.1) is 12.4 Å². The standard InChI is InChI=1S/C23H25Cl2FN4O.ClH/c1-14-17-3-2-15(12-20(17)29-30(14)16-6-10-31-11-7-16)28-23(8-9-27-13-23)21-19(26)5-4-18(24)22(21)25;/h2-5,12,16,27-28H,6-11,13H2,1H3;1H/t23-;/m1./s1. The fraction of sp³-hybridized carbons (Fsp3) is 0.435. The van der Waals surface area contributed by atoms with Gasteiger partial charge in [0.1, 0.15) is 5.82 Å². The highest BCUT2D eigenvalue weighted by atomic mass is 35.5. The van der Waals surface area contributed by atoms with E-state index in [-0.39, 0.29) is 23.2 Å². The predicted molar refractivity (Wildman–Crippen MR) is 130 cm³/mol. The molecule has 32 heavy (non-hydrogen) atoms. The SMILES string of the molecule is Cc1c2ccc(N[C@]3(c4c(F)ccc(Cl)c4Cl)CCNC3)cc2nn1C1CCOCC1.Cl. The average Bonchev–Trinajstić information content (AvgIpc) is 3.37. The number of hydrogen-bond acceptors (Lipinski definition) is 4. The van der Waals surface area contributed by atoms with Crippen LogP contribution in [0, 0.1) is 12.7 Å². The van der Waals surface area contributed by atoms with E-state index in [1.54, 1.807) is 0 Å². The number of anilines is 1. The van der Waals surface area contributed by atoms with E-state index in [4.69, 9.17) is 33.0 Å². The monoisotopic (exact) mass is 498 g/mol. The van der Waals surface area contributed by atoms with E-state index in [1.165, 1.54) is 12.1 Å². The van der Waals surface area contributed by atoms with Crippen molar-refractivity contribution >= 4 is 52.2 Å². The third-order valence-corrected chi connectivity index (χ3v) is 7.35. The molecule has 2 N–H and O–H groups in total. The molecule has 2 aliphatic heterocycles. The lowest BCUT2D eigenvalue weighted by Crippen LogP contribution is -2.39. The molecule has 2 fully saturated rings. The minimum atomic E-state index is -0.682. The van der Waals surface area contributed by atoms with Crippen LogP contribution in [0.25, 0.3) is 10.9 Å². The molecule has 1 atom stereocenters. The van der Waals surface area contributed by atoms with Gasteiger partial charge in [-0.2, -0.15) is 5.10 Å². The van der Waals surface area contributed by atoms with E-state index in [0.717, 1.165) is 54.9 Å². The van der Waals surface area contributed by atoms with Crippen molar-refractivity contribution in [3.63, 3.8) is 0 Å². The highest BCUT2D eigenvalue weighted by molar-refractivity contribution is 6.42. The number of ether oxygens (including phenoxy) is 1. The summed E-state index contributed by atoms with van der Waals surface area (Å²) in [6.45, 7) is 4.97. The Morgan fingerprint density at radius 2 is 2.00 bits per heavy atom. The van der Waals surface area contributed by atoms with E-state index in [2.05, 4.69) is 28.3 Å². The molecule has 2 saturated heterocycles. The Hall–Kier alpha value is -1.57. The second-order valence-electron chi connectivity index (χ2n) is 8.46. The first kappa shape index (κ1) is 23.6. The van der Waals surface area contributed by atoms with Crippen molar-refractivity contribution in [3.05, 3.63) is 57.5 Å². The zero-order chi connectivity index (χ0) is 21.6. The van der Waals surface area contributed by atoms with Gasteiger partial charge in [-0.05, 0) is 63.1 Å². The number of fused-ring (bicyclic) bond motifs is 1. The topological polar surface area (TPSA) is 51.1 Å². The maximum Gasteiger partial charge on any atom is 0.130 e. The molecule has 0 amide bonds. The Bertz CT molecular complexity index is 1120. The highest BCUT2D eigenvalue weighted by Crippen LogP contribution is 2.41. The third kappa shape index (κ3) is 4.08. The molecule has 0 aliphatic carbocycles. The smallest absolute Gasteiger partial charge is 0.130 e. The summed E-state index contributed by atoms with van der Waals surface area (Å²) in [5.74, 6) is -0.355. The van der Waals surface area contributed by atoms with Crippen LogP contribution in [-0.2, 0) is 10.3 Å². The van der Waals surface area contributed by atoms with Gasteiger partial charge in [0.2, 0.25) is 0 Å². The molecule has 3 aromatic rings. The molecular weight excluding hydrogens is 474 g/mol. The molecule has 0 spiro atoms. The highest BCUT2D eigenvalue weighted by Gasteiger charge is 2.40. The summed E-state index contributed by atoms with van der Waals surface area (Å²) in [4.78, 5) is 0. The maximum atomic E-state index is 14.9. The molecule has 0 unspecified atom stereocenters. The molecular formula is C23H26Cl3FN4O. The fourth-order valence-corrected chi connectivity index (χ4v) is 5.41. The van der Waals surface area contributed by atoms with Crippen LogP contribution in [0.4, 0.5) is 10.1 Å². The fourth-order valence-electron chi connectivity index (χ4n) is 4.91. The molecule has 9 heteroatoms. The van der Waals surface area contributed by atoms with Crippen LogP contribution in [0.3, 0.4) is 0 Å². The quantitative estimate of drug-likeness (QED) is 0.441. The van der Waals surface area contributed by atoms with Crippen molar-refractivity contribution in [1.29, 1.82) is 0 Å². The van der Waals surface area contributed by atoms with Crippen molar-refractivity contribution in [3.8, 4) is 0 Å². The molecule has 0 saturated carbocycles. The van der Waals surface area contributed by atoms with Crippen LogP contribution in [0.1, 0.15) is 36.6 Å². The summed E-state index contributed by atoms with van der Waals surface area (Å²) in [6, 6.07) is 9.39. The van der Waals surface area contributed by atoms with Gasteiger partial charge in [0.05, 0.1) is 27.1 Å². The zero-order valence-electron chi connectivity index (χ0n) is 17.8.